The summed E-state index contributed by atoms with van der Waals surface area (Å²) in [5.74, 6) is 0.453. The molecule has 2 heteroatoms. The number of quaternary nitrogens is 1. The Morgan fingerprint density at radius 3 is 2.10 bits per heavy atom. The van der Waals surface area contributed by atoms with Crippen molar-refractivity contribution in [1.82, 2.24) is 0 Å². The van der Waals surface area contributed by atoms with Crippen LogP contribution in [0.3, 0.4) is 0 Å². The normalized spacial score (nSPS) is 18.2. The summed E-state index contributed by atoms with van der Waals surface area (Å²) in [4.78, 5) is 0. The molecule has 2 aromatic carbocycles. The van der Waals surface area contributed by atoms with Crippen molar-refractivity contribution >= 4 is 0 Å². The molecule has 0 aliphatic carbocycles. The van der Waals surface area contributed by atoms with Gasteiger partial charge in [0.1, 0.15) is 12.6 Å². The van der Waals surface area contributed by atoms with E-state index in [2.05, 4.69) is 66.0 Å². The van der Waals surface area contributed by atoms with E-state index in [0.29, 0.717) is 12.0 Å². The highest BCUT2D eigenvalue weighted by molar-refractivity contribution is 5.32. The minimum Gasteiger partial charge on any atom is -0.372 e. The molecule has 0 bridgehead atoms. The Morgan fingerprint density at radius 1 is 0.952 bits per heavy atom. The number of ether oxygens (including phenoxy) is 1. The standard InChI is InChI=1S/C19H23NO/c1-3-8-16(9-4-1)19(17-10-5-2-6-11-17)15-20-14-18-12-7-13-21-18/h1-6,8-11,18-20H,7,12-15H2/p+1/t18-/m1/s1. The van der Waals surface area contributed by atoms with Crippen molar-refractivity contribution in [3.63, 3.8) is 0 Å². The zero-order chi connectivity index (χ0) is 14.3. The largest absolute Gasteiger partial charge is 0.372 e. The molecule has 0 aromatic heterocycles. The van der Waals surface area contributed by atoms with Crippen LogP contribution in [0.5, 0.6) is 0 Å². The monoisotopic (exact) mass is 282 g/mol. The molecule has 0 spiro atoms. The molecular weight excluding hydrogens is 258 g/mol. The number of rotatable bonds is 6. The van der Waals surface area contributed by atoms with E-state index in [9.17, 15) is 0 Å². The molecule has 0 saturated carbocycles. The lowest BCUT2D eigenvalue weighted by molar-refractivity contribution is -0.662. The van der Waals surface area contributed by atoms with E-state index < -0.39 is 0 Å². The first-order valence-electron chi connectivity index (χ1n) is 7.96. The van der Waals surface area contributed by atoms with Crippen LogP contribution in [-0.4, -0.2) is 25.8 Å². The van der Waals surface area contributed by atoms with Crippen molar-refractivity contribution in [1.29, 1.82) is 0 Å². The van der Waals surface area contributed by atoms with Crippen molar-refractivity contribution < 1.29 is 10.1 Å². The maximum absolute atomic E-state index is 5.71. The van der Waals surface area contributed by atoms with Crippen molar-refractivity contribution in [3.8, 4) is 0 Å². The van der Waals surface area contributed by atoms with Gasteiger partial charge in [-0.05, 0) is 24.0 Å². The van der Waals surface area contributed by atoms with Gasteiger partial charge in [-0.25, -0.2) is 0 Å². The van der Waals surface area contributed by atoms with Gasteiger partial charge in [-0.3, -0.25) is 0 Å². The minimum absolute atomic E-state index is 0.453. The molecule has 1 fully saturated rings. The highest BCUT2D eigenvalue weighted by atomic mass is 16.5. The van der Waals surface area contributed by atoms with Crippen LogP contribution in [0.15, 0.2) is 60.7 Å². The van der Waals surface area contributed by atoms with Gasteiger partial charge in [0.2, 0.25) is 0 Å². The van der Waals surface area contributed by atoms with Crippen LogP contribution in [0.1, 0.15) is 29.9 Å². The van der Waals surface area contributed by atoms with E-state index >= 15 is 0 Å². The summed E-state index contributed by atoms with van der Waals surface area (Å²) < 4.78 is 5.71. The van der Waals surface area contributed by atoms with Gasteiger partial charge in [0.15, 0.2) is 0 Å². The van der Waals surface area contributed by atoms with Gasteiger partial charge >= 0.3 is 0 Å². The molecular formula is C19H24NO+. The smallest absolute Gasteiger partial charge is 0.106 e. The quantitative estimate of drug-likeness (QED) is 0.866. The van der Waals surface area contributed by atoms with Gasteiger partial charge in [0, 0.05) is 6.61 Å². The lowest BCUT2D eigenvalue weighted by atomic mass is 9.91. The first kappa shape index (κ1) is 14.3. The topological polar surface area (TPSA) is 25.8 Å². The molecule has 0 amide bonds. The van der Waals surface area contributed by atoms with Crippen LogP contribution >= 0.6 is 0 Å². The molecule has 110 valence electrons. The average Bonchev–Trinajstić information content (AvgIpc) is 3.07. The van der Waals surface area contributed by atoms with E-state index in [4.69, 9.17) is 4.74 Å². The highest BCUT2D eigenvalue weighted by Gasteiger charge is 2.20. The van der Waals surface area contributed by atoms with E-state index in [0.717, 1.165) is 19.7 Å². The maximum Gasteiger partial charge on any atom is 0.106 e. The number of benzene rings is 2. The van der Waals surface area contributed by atoms with Crippen molar-refractivity contribution in [2.75, 3.05) is 19.7 Å². The minimum atomic E-state index is 0.453. The second-order valence-electron chi connectivity index (χ2n) is 5.77. The number of hydrogen-bond acceptors (Lipinski definition) is 1. The molecule has 1 heterocycles. The summed E-state index contributed by atoms with van der Waals surface area (Å²) in [6, 6.07) is 21.6. The van der Waals surface area contributed by atoms with Crippen molar-refractivity contribution in [2.45, 2.75) is 24.9 Å². The fourth-order valence-corrected chi connectivity index (χ4v) is 3.11. The molecule has 21 heavy (non-hydrogen) atoms. The third kappa shape index (κ3) is 3.93. The van der Waals surface area contributed by atoms with Gasteiger partial charge in [-0.1, -0.05) is 60.7 Å². The van der Waals surface area contributed by atoms with Crippen LogP contribution in [-0.2, 0) is 4.74 Å². The van der Waals surface area contributed by atoms with E-state index in [-0.39, 0.29) is 0 Å². The van der Waals surface area contributed by atoms with Crippen LogP contribution in [0.4, 0.5) is 0 Å². The molecule has 2 nitrogen and oxygen atoms in total. The van der Waals surface area contributed by atoms with Crippen molar-refractivity contribution in [3.05, 3.63) is 71.8 Å². The summed E-state index contributed by atoms with van der Waals surface area (Å²) in [5, 5.41) is 2.42. The predicted octanol–water partition coefficient (Wildman–Crippen LogP) is 2.56. The molecule has 1 aliphatic heterocycles. The summed E-state index contributed by atoms with van der Waals surface area (Å²) in [6.07, 6.45) is 2.90. The van der Waals surface area contributed by atoms with Crippen molar-refractivity contribution in [2.24, 2.45) is 0 Å². The Bertz CT molecular complexity index is 480. The molecule has 0 unspecified atom stereocenters. The highest BCUT2D eigenvalue weighted by Crippen LogP contribution is 2.22. The fourth-order valence-electron chi connectivity index (χ4n) is 3.11. The zero-order valence-electron chi connectivity index (χ0n) is 12.4. The van der Waals surface area contributed by atoms with Gasteiger partial charge in [-0.2, -0.15) is 0 Å². The summed E-state index contributed by atoms with van der Waals surface area (Å²) in [5.41, 5.74) is 2.79. The molecule has 1 atom stereocenters. The number of nitrogens with two attached hydrogens (primary N) is 1. The Kier molecular flexibility index (Phi) is 5.03. The average molecular weight is 282 g/mol. The Hall–Kier alpha value is -1.64. The Balaban J connectivity index is 1.67. The molecule has 1 saturated heterocycles. The second-order valence-corrected chi connectivity index (χ2v) is 5.77. The zero-order valence-corrected chi connectivity index (χ0v) is 12.4. The lowest BCUT2D eigenvalue weighted by Gasteiger charge is -2.18. The molecule has 3 rings (SSSR count). The molecule has 0 radical (unpaired) electrons. The fraction of sp³-hybridized carbons (Fsp3) is 0.368. The first-order valence-corrected chi connectivity index (χ1v) is 7.96. The van der Waals surface area contributed by atoms with Gasteiger partial charge in [0.05, 0.1) is 12.5 Å². The summed E-state index contributed by atoms with van der Waals surface area (Å²) >= 11 is 0. The van der Waals surface area contributed by atoms with E-state index in [1.807, 2.05) is 0 Å². The predicted molar refractivity (Wildman–Crippen MR) is 85.4 cm³/mol. The van der Waals surface area contributed by atoms with Gasteiger partial charge in [-0.15, -0.1) is 0 Å². The third-order valence-corrected chi connectivity index (χ3v) is 4.26. The molecule has 2 aromatic rings. The van der Waals surface area contributed by atoms with Gasteiger partial charge in [0.25, 0.3) is 0 Å². The molecule has 2 N–H and O–H groups in total. The SMILES string of the molecule is c1ccc(C(C[NH2+]C[C@H]2CCCO2)c2ccccc2)cc1. The first-order chi connectivity index (χ1) is 10.4. The Labute approximate surface area is 127 Å². The van der Waals surface area contributed by atoms with Crippen LogP contribution in [0, 0.1) is 0 Å². The van der Waals surface area contributed by atoms with Crippen LogP contribution in [0.25, 0.3) is 0 Å². The third-order valence-electron chi connectivity index (χ3n) is 4.26. The van der Waals surface area contributed by atoms with E-state index in [1.165, 1.54) is 24.0 Å². The summed E-state index contributed by atoms with van der Waals surface area (Å²) in [7, 11) is 0. The maximum atomic E-state index is 5.71. The second kappa shape index (κ2) is 7.39. The van der Waals surface area contributed by atoms with E-state index in [1.54, 1.807) is 0 Å². The summed E-state index contributed by atoms with van der Waals surface area (Å²) in [6.45, 7) is 3.10. The lowest BCUT2D eigenvalue weighted by Crippen LogP contribution is -2.87. The van der Waals surface area contributed by atoms with Crippen LogP contribution in [0.2, 0.25) is 0 Å². The molecule has 1 aliphatic rings. The van der Waals surface area contributed by atoms with Crippen LogP contribution < -0.4 is 5.32 Å². The number of hydrogen-bond donors (Lipinski definition) is 1. The van der Waals surface area contributed by atoms with Gasteiger partial charge < -0.3 is 10.1 Å². The Morgan fingerprint density at radius 2 is 1.57 bits per heavy atom.